The number of benzene rings is 2. The minimum Gasteiger partial charge on any atom is -0.497 e. The van der Waals surface area contributed by atoms with E-state index in [1.54, 1.807) is 45.5 Å². The lowest BCUT2D eigenvalue weighted by Gasteiger charge is -2.24. The van der Waals surface area contributed by atoms with Gasteiger partial charge in [0.2, 0.25) is 5.91 Å². The van der Waals surface area contributed by atoms with Crippen molar-refractivity contribution in [3.8, 4) is 5.75 Å². The highest BCUT2D eigenvalue weighted by atomic mass is 16.5. The second kappa shape index (κ2) is 8.89. The third-order valence-corrected chi connectivity index (χ3v) is 5.01. The lowest BCUT2D eigenvalue weighted by molar-refractivity contribution is -0.117. The van der Waals surface area contributed by atoms with Gasteiger partial charge in [-0.15, -0.1) is 0 Å². The molecule has 1 atom stereocenters. The molecule has 28 heavy (non-hydrogen) atoms. The molecule has 0 bridgehead atoms. The van der Waals surface area contributed by atoms with Crippen LogP contribution in [0.2, 0.25) is 0 Å². The summed E-state index contributed by atoms with van der Waals surface area (Å²) in [5.74, 6) is 0.670. The van der Waals surface area contributed by atoms with Crippen LogP contribution in [0.15, 0.2) is 48.5 Å². The average molecular weight is 381 g/mol. The van der Waals surface area contributed by atoms with Gasteiger partial charge in [-0.2, -0.15) is 0 Å². The lowest BCUT2D eigenvalue weighted by Crippen LogP contribution is -2.33. The van der Waals surface area contributed by atoms with Gasteiger partial charge >= 0.3 is 0 Å². The summed E-state index contributed by atoms with van der Waals surface area (Å²) in [5.41, 5.74) is 2.39. The van der Waals surface area contributed by atoms with Crippen molar-refractivity contribution in [1.29, 1.82) is 0 Å². The fourth-order valence-electron chi connectivity index (χ4n) is 3.59. The number of nitrogens with one attached hydrogen (secondary N) is 1. The number of carbonyl (C=O) groups is 2. The molecule has 6 heteroatoms. The summed E-state index contributed by atoms with van der Waals surface area (Å²) >= 11 is 0. The van der Waals surface area contributed by atoms with E-state index in [9.17, 15) is 9.59 Å². The fraction of sp³-hybridized carbons (Fsp3) is 0.364. The molecule has 0 aliphatic carbocycles. The predicted octanol–water partition coefficient (Wildman–Crippen LogP) is 3.17. The molecule has 0 saturated carbocycles. The minimum atomic E-state index is -0.0878. The monoisotopic (exact) mass is 381 g/mol. The number of carbonyl (C=O) groups excluding carboxylic acids is 2. The van der Waals surface area contributed by atoms with E-state index in [4.69, 9.17) is 4.74 Å². The van der Waals surface area contributed by atoms with Crippen LogP contribution in [0.4, 0.5) is 5.69 Å². The molecular formula is C22H27N3O3. The van der Waals surface area contributed by atoms with Crippen molar-refractivity contribution in [1.82, 2.24) is 9.80 Å². The highest BCUT2D eigenvalue weighted by Crippen LogP contribution is 2.32. The molecule has 1 heterocycles. The Kier molecular flexibility index (Phi) is 6.31. The molecule has 2 aromatic carbocycles. The first-order valence-corrected chi connectivity index (χ1v) is 9.47. The van der Waals surface area contributed by atoms with Gasteiger partial charge < -0.3 is 15.0 Å². The summed E-state index contributed by atoms with van der Waals surface area (Å²) in [4.78, 5) is 28.4. The van der Waals surface area contributed by atoms with Crippen molar-refractivity contribution in [2.24, 2.45) is 0 Å². The SMILES string of the molecule is COc1ccc(C2CCCN2CC(=O)Nc2cccc(C(=O)N(C)C)c2)cc1. The first-order chi connectivity index (χ1) is 13.5. The van der Waals surface area contributed by atoms with Crippen molar-refractivity contribution >= 4 is 17.5 Å². The Hall–Kier alpha value is -2.86. The molecule has 1 fully saturated rings. The number of amides is 2. The molecule has 148 valence electrons. The molecule has 1 unspecified atom stereocenters. The highest BCUT2D eigenvalue weighted by Gasteiger charge is 2.27. The van der Waals surface area contributed by atoms with E-state index < -0.39 is 0 Å². The third kappa shape index (κ3) is 4.70. The Morgan fingerprint density at radius 2 is 1.93 bits per heavy atom. The van der Waals surface area contributed by atoms with Crippen LogP contribution in [0.3, 0.4) is 0 Å². The van der Waals surface area contributed by atoms with Crippen molar-refractivity contribution in [2.75, 3.05) is 39.6 Å². The molecule has 2 aromatic rings. The Bertz CT molecular complexity index is 833. The number of likely N-dealkylation sites (tertiary alicyclic amines) is 1. The lowest BCUT2D eigenvalue weighted by atomic mass is 10.0. The molecule has 1 saturated heterocycles. The molecule has 0 spiro atoms. The molecule has 6 nitrogen and oxygen atoms in total. The van der Waals surface area contributed by atoms with E-state index >= 15 is 0 Å². The topological polar surface area (TPSA) is 61.9 Å². The first kappa shape index (κ1) is 19.9. The zero-order valence-corrected chi connectivity index (χ0v) is 16.6. The summed E-state index contributed by atoms with van der Waals surface area (Å²) < 4.78 is 5.23. The summed E-state index contributed by atoms with van der Waals surface area (Å²) in [5, 5.41) is 2.92. The van der Waals surface area contributed by atoms with Crippen molar-refractivity contribution in [3.63, 3.8) is 0 Å². The zero-order chi connectivity index (χ0) is 20.1. The number of anilines is 1. The molecule has 1 aliphatic rings. The number of nitrogens with zero attached hydrogens (tertiary/aromatic N) is 2. The number of ether oxygens (including phenoxy) is 1. The Morgan fingerprint density at radius 1 is 1.18 bits per heavy atom. The van der Waals surface area contributed by atoms with Gasteiger partial charge in [0.05, 0.1) is 13.7 Å². The van der Waals surface area contributed by atoms with E-state index in [2.05, 4.69) is 22.3 Å². The van der Waals surface area contributed by atoms with Crippen LogP contribution in [-0.2, 0) is 4.79 Å². The summed E-state index contributed by atoms with van der Waals surface area (Å²) in [6.07, 6.45) is 2.10. The van der Waals surface area contributed by atoms with Gasteiger partial charge in [0.1, 0.15) is 5.75 Å². The van der Waals surface area contributed by atoms with Gasteiger partial charge in [0.25, 0.3) is 5.91 Å². The van der Waals surface area contributed by atoms with Crippen LogP contribution in [0.1, 0.15) is 34.8 Å². The van der Waals surface area contributed by atoms with Crippen LogP contribution in [0, 0.1) is 0 Å². The zero-order valence-electron chi connectivity index (χ0n) is 16.6. The Morgan fingerprint density at radius 3 is 2.61 bits per heavy atom. The molecule has 3 rings (SSSR count). The number of rotatable bonds is 6. The number of hydrogen-bond acceptors (Lipinski definition) is 4. The number of methoxy groups -OCH3 is 1. The maximum Gasteiger partial charge on any atom is 0.253 e. The van der Waals surface area contributed by atoms with Gasteiger partial charge in [-0.1, -0.05) is 18.2 Å². The molecule has 0 aromatic heterocycles. The first-order valence-electron chi connectivity index (χ1n) is 9.47. The van der Waals surface area contributed by atoms with Gasteiger partial charge in [-0.25, -0.2) is 0 Å². The van der Waals surface area contributed by atoms with Crippen molar-refractivity contribution < 1.29 is 14.3 Å². The summed E-state index contributed by atoms with van der Waals surface area (Å²) in [6.45, 7) is 1.21. The Balaban J connectivity index is 1.64. The molecule has 2 amide bonds. The molecular weight excluding hydrogens is 354 g/mol. The molecule has 1 aliphatic heterocycles. The van der Waals surface area contributed by atoms with Crippen LogP contribution in [-0.4, -0.2) is 55.9 Å². The van der Waals surface area contributed by atoms with Crippen LogP contribution < -0.4 is 10.1 Å². The van der Waals surface area contributed by atoms with Gasteiger partial charge in [-0.3, -0.25) is 14.5 Å². The van der Waals surface area contributed by atoms with E-state index in [1.807, 2.05) is 12.1 Å². The molecule has 1 N–H and O–H groups in total. The van der Waals surface area contributed by atoms with E-state index in [1.165, 1.54) is 10.5 Å². The second-order valence-corrected chi connectivity index (χ2v) is 7.23. The normalized spacial score (nSPS) is 16.6. The fourth-order valence-corrected chi connectivity index (χ4v) is 3.59. The molecule has 0 radical (unpaired) electrons. The Labute approximate surface area is 166 Å². The van der Waals surface area contributed by atoms with Crippen LogP contribution >= 0.6 is 0 Å². The highest BCUT2D eigenvalue weighted by molar-refractivity contribution is 5.97. The van der Waals surface area contributed by atoms with Gasteiger partial charge in [0, 0.05) is 31.4 Å². The largest absolute Gasteiger partial charge is 0.497 e. The van der Waals surface area contributed by atoms with E-state index in [0.29, 0.717) is 17.8 Å². The summed E-state index contributed by atoms with van der Waals surface area (Å²) in [6, 6.07) is 15.3. The maximum atomic E-state index is 12.6. The predicted molar refractivity (Wildman–Crippen MR) is 110 cm³/mol. The maximum absolute atomic E-state index is 12.6. The van der Waals surface area contributed by atoms with E-state index in [0.717, 1.165) is 25.1 Å². The van der Waals surface area contributed by atoms with Crippen molar-refractivity contribution in [3.05, 3.63) is 59.7 Å². The van der Waals surface area contributed by atoms with Crippen LogP contribution in [0.25, 0.3) is 0 Å². The van der Waals surface area contributed by atoms with Gasteiger partial charge in [0.15, 0.2) is 0 Å². The summed E-state index contributed by atoms with van der Waals surface area (Å²) in [7, 11) is 5.07. The third-order valence-electron chi connectivity index (χ3n) is 5.01. The van der Waals surface area contributed by atoms with Crippen LogP contribution in [0.5, 0.6) is 5.75 Å². The average Bonchev–Trinajstić information content (AvgIpc) is 3.15. The number of hydrogen-bond donors (Lipinski definition) is 1. The quantitative estimate of drug-likeness (QED) is 0.835. The standard InChI is InChI=1S/C22H27N3O3/c1-24(2)22(27)17-6-4-7-18(14-17)23-21(26)15-25-13-5-8-20(25)16-9-11-19(28-3)12-10-16/h4,6-7,9-12,14,20H,5,8,13,15H2,1-3H3,(H,23,26). The van der Waals surface area contributed by atoms with Gasteiger partial charge in [-0.05, 0) is 55.3 Å². The van der Waals surface area contributed by atoms with Crippen molar-refractivity contribution in [2.45, 2.75) is 18.9 Å². The van der Waals surface area contributed by atoms with E-state index in [-0.39, 0.29) is 17.9 Å². The smallest absolute Gasteiger partial charge is 0.253 e. The minimum absolute atomic E-state index is 0.0742. The second-order valence-electron chi connectivity index (χ2n) is 7.23.